The lowest BCUT2D eigenvalue weighted by Gasteiger charge is -2.58. The molecule has 1 aromatic heterocycles. The predicted octanol–water partition coefficient (Wildman–Crippen LogP) is 4.46. The molecular weight excluding hydrogens is 488 g/mol. The number of rotatable bonds is 6. The average Bonchev–Trinajstić information content (AvgIpc) is 3.18. The molecule has 2 aliphatic rings. The van der Waals surface area contributed by atoms with Crippen molar-refractivity contribution in [3.8, 4) is 5.75 Å². The summed E-state index contributed by atoms with van der Waals surface area (Å²) in [6.07, 6.45) is 7.96. The van der Waals surface area contributed by atoms with Crippen molar-refractivity contribution in [3.63, 3.8) is 0 Å². The van der Waals surface area contributed by atoms with Gasteiger partial charge in [-0.05, 0) is 78.0 Å². The molecule has 3 atom stereocenters. The zero-order chi connectivity index (χ0) is 22.8. The number of phenols is 1. The highest BCUT2D eigenvalue weighted by atomic mass is 79.9. The van der Waals surface area contributed by atoms with Crippen LogP contribution >= 0.6 is 27.3 Å². The molecule has 1 aliphatic carbocycles. The molecule has 2 heterocycles. The number of aliphatic hydroxyl groups is 1. The Morgan fingerprint density at radius 3 is 2.94 bits per heavy atom. The van der Waals surface area contributed by atoms with E-state index in [-0.39, 0.29) is 17.7 Å². The van der Waals surface area contributed by atoms with Gasteiger partial charge < -0.3 is 15.5 Å². The van der Waals surface area contributed by atoms with Crippen molar-refractivity contribution < 1.29 is 15.0 Å². The molecule has 2 aromatic rings. The van der Waals surface area contributed by atoms with Gasteiger partial charge in [0.05, 0.1) is 5.60 Å². The van der Waals surface area contributed by atoms with Gasteiger partial charge in [0, 0.05) is 45.4 Å². The Labute approximate surface area is 201 Å². The highest BCUT2D eigenvalue weighted by Crippen LogP contribution is 2.52. The lowest BCUT2D eigenvalue weighted by Crippen LogP contribution is -2.67. The summed E-state index contributed by atoms with van der Waals surface area (Å²) < 4.78 is 1.00. The van der Waals surface area contributed by atoms with Crippen molar-refractivity contribution in [3.05, 3.63) is 69.4 Å². The van der Waals surface area contributed by atoms with Crippen molar-refractivity contribution >= 4 is 39.2 Å². The fourth-order valence-electron chi connectivity index (χ4n) is 5.35. The topological polar surface area (TPSA) is 72.8 Å². The molecule has 170 valence electrons. The number of nitrogens with one attached hydrogen (secondary N) is 1. The Morgan fingerprint density at radius 2 is 2.22 bits per heavy atom. The number of nitrogens with zero attached hydrogens (tertiary/aromatic N) is 1. The number of phenolic OH excluding ortho intramolecular Hbond substituents is 1. The first-order chi connectivity index (χ1) is 15.3. The van der Waals surface area contributed by atoms with Gasteiger partial charge in [-0.3, -0.25) is 9.69 Å². The third kappa shape index (κ3) is 4.71. The number of aromatic hydroxyl groups is 1. The van der Waals surface area contributed by atoms with Crippen LogP contribution in [0.4, 0.5) is 0 Å². The summed E-state index contributed by atoms with van der Waals surface area (Å²) >= 11 is 5.00. The maximum atomic E-state index is 12.6. The smallest absolute Gasteiger partial charge is 0.244 e. The summed E-state index contributed by atoms with van der Waals surface area (Å²) in [5, 5.41) is 27.2. The van der Waals surface area contributed by atoms with Gasteiger partial charge in [-0.15, -0.1) is 17.9 Å². The molecule has 3 N–H and O–H groups in total. The number of halogens is 1. The molecule has 0 radical (unpaired) electrons. The summed E-state index contributed by atoms with van der Waals surface area (Å²) in [6, 6.07) is 9.18. The number of fused-ring (bicyclic) bond motifs is 1. The number of thiophene rings is 1. The quantitative estimate of drug-likeness (QED) is 0.391. The van der Waals surface area contributed by atoms with Gasteiger partial charge in [-0.25, -0.2) is 0 Å². The highest BCUT2D eigenvalue weighted by molar-refractivity contribution is 9.10. The molecule has 1 aromatic carbocycles. The summed E-state index contributed by atoms with van der Waals surface area (Å²) in [7, 11) is 0. The molecule has 2 fully saturated rings. The SMILES string of the molecule is C=CCN1CC[C@@]2(c3cccc(O)c3)C[C@H](NC(=O)C=Cc3cc(Br)cs3)CC[C@]2(O)C1. The first-order valence-corrected chi connectivity index (χ1v) is 12.6. The van der Waals surface area contributed by atoms with Crippen LogP contribution < -0.4 is 5.32 Å². The minimum atomic E-state index is -0.928. The second kappa shape index (κ2) is 9.51. The van der Waals surface area contributed by atoms with Crippen molar-refractivity contribution in [1.29, 1.82) is 0 Å². The van der Waals surface area contributed by atoms with E-state index in [9.17, 15) is 15.0 Å². The minimum absolute atomic E-state index is 0.0456. The predicted molar refractivity (Wildman–Crippen MR) is 133 cm³/mol. The van der Waals surface area contributed by atoms with Crippen LogP contribution in [0.3, 0.4) is 0 Å². The molecule has 1 aliphatic heterocycles. The first-order valence-electron chi connectivity index (χ1n) is 10.9. The largest absolute Gasteiger partial charge is 0.508 e. The Kier molecular flexibility index (Phi) is 6.91. The molecule has 32 heavy (non-hydrogen) atoms. The van der Waals surface area contributed by atoms with Crippen LogP contribution in [0.15, 0.2) is 58.9 Å². The molecule has 1 amide bonds. The Hall–Kier alpha value is -1.93. The number of β-amino-alcohol motifs (C(OH)–C–C–N with tert-alkyl or cyclic N) is 1. The van der Waals surface area contributed by atoms with E-state index in [1.807, 2.05) is 35.7 Å². The van der Waals surface area contributed by atoms with Crippen LogP contribution in [0.25, 0.3) is 6.08 Å². The van der Waals surface area contributed by atoms with Crippen molar-refractivity contribution in [1.82, 2.24) is 10.2 Å². The summed E-state index contributed by atoms with van der Waals surface area (Å²) in [4.78, 5) is 15.9. The summed E-state index contributed by atoms with van der Waals surface area (Å²) in [5.74, 6) is 0.0732. The zero-order valence-corrected chi connectivity index (χ0v) is 20.4. The van der Waals surface area contributed by atoms with Crippen LogP contribution in [0, 0.1) is 0 Å². The monoisotopic (exact) mass is 516 g/mol. The Balaban J connectivity index is 1.56. The van der Waals surface area contributed by atoms with E-state index in [1.165, 1.54) is 0 Å². The van der Waals surface area contributed by atoms with Crippen molar-refractivity contribution in [2.24, 2.45) is 0 Å². The minimum Gasteiger partial charge on any atom is -0.508 e. The third-order valence-corrected chi connectivity index (χ3v) is 8.51. The first kappa shape index (κ1) is 23.2. The van der Waals surface area contributed by atoms with Crippen LogP contribution in [0.5, 0.6) is 5.75 Å². The van der Waals surface area contributed by atoms with Gasteiger partial charge in [0.15, 0.2) is 0 Å². The lowest BCUT2D eigenvalue weighted by molar-refractivity contribution is -0.130. The lowest BCUT2D eigenvalue weighted by atomic mass is 9.55. The van der Waals surface area contributed by atoms with Crippen LogP contribution in [0.1, 0.15) is 36.1 Å². The number of carbonyl (C=O) groups excluding carboxylic acids is 1. The number of hydrogen-bond acceptors (Lipinski definition) is 5. The van der Waals surface area contributed by atoms with Gasteiger partial charge in [-0.2, -0.15) is 0 Å². The zero-order valence-electron chi connectivity index (χ0n) is 18.0. The highest BCUT2D eigenvalue weighted by Gasteiger charge is 2.57. The van der Waals surface area contributed by atoms with Crippen LogP contribution in [-0.2, 0) is 10.2 Å². The van der Waals surface area contributed by atoms with Crippen LogP contribution in [0.2, 0.25) is 0 Å². The van der Waals surface area contributed by atoms with E-state index in [0.717, 1.165) is 34.4 Å². The van der Waals surface area contributed by atoms with E-state index < -0.39 is 11.0 Å². The fraction of sp³-hybridized carbons (Fsp3) is 0.400. The van der Waals surface area contributed by atoms with E-state index in [0.29, 0.717) is 25.8 Å². The number of likely N-dealkylation sites (tertiary alicyclic amines) is 1. The summed E-state index contributed by atoms with van der Waals surface area (Å²) in [6.45, 7) is 5.97. The molecule has 0 bridgehead atoms. The number of benzene rings is 1. The van der Waals surface area contributed by atoms with E-state index in [4.69, 9.17) is 0 Å². The molecule has 1 saturated carbocycles. The van der Waals surface area contributed by atoms with Gasteiger partial charge in [0.25, 0.3) is 0 Å². The molecule has 0 unspecified atom stereocenters. The molecule has 5 nitrogen and oxygen atoms in total. The Bertz CT molecular complexity index is 1020. The van der Waals surface area contributed by atoms with Crippen LogP contribution in [-0.4, -0.2) is 52.3 Å². The molecule has 1 saturated heterocycles. The van der Waals surface area contributed by atoms with Gasteiger partial charge in [-0.1, -0.05) is 18.2 Å². The number of hydrogen-bond donors (Lipinski definition) is 3. The normalized spacial score (nSPS) is 28.4. The fourth-order valence-corrected chi connectivity index (χ4v) is 6.68. The van der Waals surface area contributed by atoms with Crippen molar-refractivity contribution in [2.45, 2.75) is 42.7 Å². The number of amides is 1. The summed E-state index contributed by atoms with van der Waals surface area (Å²) in [5.41, 5.74) is -0.513. The molecular formula is C25H29BrN2O3S. The number of carbonyl (C=O) groups is 1. The maximum absolute atomic E-state index is 12.6. The number of piperidine rings is 1. The van der Waals surface area contributed by atoms with E-state index in [1.54, 1.807) is 29.5 Å². The van der Waals surface area contributed by atoms with Gasteiger partial charge >= 0.3 is 0 Å². The molecule has 0 spiro atoms. The second-order valence-corrected chi connectivity index (χ2v) is 10.7. The standard InChI is InChI=1S/C25H29BrN2O3S/c1-2-11-28-12-10-24(18-4-3-5-21(29)13-18)15-20(8-9-25(24,31)17-28)27-23(30)7-6-22-14-19(26)16-32-22/h2-7,13-14,16,20,29,31H,1,8-12,15,17H2,(H,27,30)/t20-,24+,25+/m1/s1. The van der Waals surface area contributed by atoms with E-state index >= 15 is 0 Å². The average molecular weight is 517 g/mol. The third-order valence-electron chi connectivity index (χ3n) is 6.85. The molecule has 4 rings (SSSR count). The molecule has 7 heteroatoms. The second-order valence-electron chi connectivity index (χ2n) is 8.89. The van der Waals surface area contributed by atoms with E-state index in [2.05, 4.69) is 32.7 Å². The van der Waals surface area contributed by atoms with Gasteiger partial charge in [0.2, 0.25) is 5.91 Å². The van der Waals surface area contributed by atoms with Crippen molar-refractivity contribution in [2.75, 3.05) is 19.6 Å². The Morgan fingerprint density at radius 1 is 1.38 bits per heavy atom. The van der Waals surface area contributed by atoms with Gasteiger partial charge in [0.1, 0.15) is 5.75 Å². The maximum Gasteiger partial charge on any atom is 0.244 e.